The van der Waals surface area contributed by atoms with Crippen molar-refractivity contribution in [1.82, 2.24) is 14.5 Å². The van der Waals surface area contributed by atoms with E-state index in [9.17, 15) is 17.6 Å². The number of nitrogens with zero attached hydrogens (tertiary/aromatic N) is 5. The fourth-order valence-electron chi connectivity index (χ4n) is 6.08. The molecule has 10 heteroatoms. The molecule has 0 unspecified atom stereocenters. The van der Waals surface area contributed by atoms with Crippen LogP contribution >= 0.6 is 0 Å². The fraction of sp³-hybridized carbons (Fsp3) is 0.143. The van der Waals surface area contributed by atoms with Crippen LogP contribution in [0.4, 0.5) is 17.6 Å². The minimum absolute atomic E-state index is 0. The predicted molar refractivity (Wildman–Crippen MR) is 227 cm³/mol. The molecule has 0 aliphatic rings. The quantitative estimate of drug-likeness (QED) is 0.118. The van der Waals surface area contributed by atoms with Gasteiger partial charge in [-0.3, -0.25) is 17.6 Å². The van der Waals surface area contributed by atoms with E-state index in [0.717, 1.165) is 12.1 Å². The third-order valence-electron chi connectivity index (χ3n) is 8.45. The molecule has 0 N–H and O–H groups in total. The van der Waals surface area contributed by atoms with Gasteiger partial charge < -0.3 is 25.2 Å². The number of halogens is 4. The first kappa shape index (κ1) is 29.4. The van der Waals surface area contributed by atoms with Crippen molar-refractivity contribution in [2.24, 2.45) is 0 Å². The molecule has 9 aromatic rings. The van der Waals surface area contributed by atoms with E-state index in [1.165, 1.54) is 21.8 Å². The van der Waals surface area contributed by atoms with Crippen molar-refractivity contribution in [3.63, 3.8) is 0 Å². The molecule has 0 saturated heterocycles. The van der Waals surface area contributed by atoms with Crippen LogP contribution in [0.3, 0.4) is 0 Å². The third-order valence-corrected chi connectivity index (χ3v) is 8.45. The average Bonchev–Trinajstić information content (AvgIpc) is 3.64. The van der Waals surface area contributed by atoms with Crippen molar-refractivity contribution >= 4 is 43.4 Å². The summed E-state index contributed by atoms with van der Waals surface area (Å²) >= 11 is 0. The van der Waals surface area contributed by atoms with Crippen LogP contribution in [-0.4, -0.2) is 26.6 Å². The van der Waals surface area contributed by atoms with Crippen LogP contribution in [-0.2, 0) is 20.1 Å². The van der Waals surface area contributed by atoms with Gasteiger partial charge >= 0.3 is 0 Å². The molecule has 0 bridgehead atoms. The van der Waals surface area contributed by atoms with Crippen molar-refractivity contribution in [2.45, 2.75) is 46.1 Å². The second-order valence-electron chi connectivity index (χ2n) is 13.2. The van der Waals surface area contributed by atoms with Gasteiger partial charge in [0.1, 0.15) is 0 Å². The van der Waals surface area contributed by atoms with E-state index in [2.05, 4.69) is 103 Å². The molecule has 0 aliphatic heterocycles. The molecule has 0 saturated carbocycles. The molecule has 301 valence electrons. The Hall–Kier alpha value is -5.77. The molecular weight excluding hydrogens is 927 g/mol. The maximum atomic E-state index is 14.1. The number of para-hydroxylation sites is 2. The SMILES string of the molecule is CC(C)[N-]C([N-]C(C)C)n1c2ccccc2c2ccccc21.[2H]c1nc(-c2[c-]cc(F)cc2F)c2c([2H])c([2H])c([2H])c([2H])c2c1[2H].[2H]c1nc(-c2[c-]cc(F)cc2F)c2c([2H])c([2H])c([2H])c([2H])c2c1[2H].[Ir]. The maximum absolute atomic E-state index is 14.1. The summed E-state index contributed by atoms with van der Waals surface area (Å²) in [6.45, 7) is 8.43. The summed E-state index contributed by atoms with van der Waals surface area (Å²) in [5.74, 6) is -3.81. The van der Waals surface area contributed by atoms with Crippen LogP contribution in [0.2, 0.25) is 0 Å². The van der Waals surface area contributed by atoms with E-state index in [4.69, 9.17) is 27.1 Å². The predicted octanol–water partition coefficient (Wildman–Crippen LogP) is 13.8. The van der Waals surface area contributed by atoms with Gasteiger partial charge in [0.15, 0.2) is 0 Å². The molecule has 3 aromatic heterocycles. The van der Waals surface area contributed by atoms with E-state index in [-0.39, 0.29) is 82.5 Å². The van der Waals surface area contributed by atoms with Gasteiger partial charge in [0.05, 0.1) is 16.4 Å². The summed E-state index contributed by atoms with van der Waals surface area (Å²) in [5.41, 5.74) is 1.16. The molecule has 9 rings (SSSR count). The van der Waals surface area contributed by atoms with E-state index < -0.39 is 96.0 Å². The van der Waals surface area contributed by atoms with Gasteiger partial charge in [-0.25, -0.2) is 0 Å². The number of hydrogen-bond donors (Lipinski definition) is 0. The second kappa shape index (κ2) is 19.3. The van der Waals surface area contributed by atoms with Crippen LogP contribution in [0.15, 0.2) is 146 Å². The van der Waals surface area contributed by atoms with E-state index in [1.807, 2.05) is 0 Å². The Morgan fingerprint density at radius 1 is 0.576 bits per heavy atom. The van der Waals surface area contributed by atoms with Crippen molar-refractivity contribution in [3.8, 4) is 22.5 Å². The Bertz CT molecular complexity index is 3300. The van der Waals surface area contributed by atoms with Gasteiger partial charge in [-0.1, -0.05) is 136 Å². The monoisotopic (exact) mass is 978 g/mol. The Labute approximate surface area is 371 Å². The van der Waals surface area contributed by atoms with Crippen LogP contribution in [0, 0.1) is 35.4 Å². The number of fused-ring (bicyclic) bond motifs is 5. The van der Waals surface area contributed by atoms with Crippen molar-refractivity contribution in [3.05, 3.63) is 192 Å². The summed E-state index contributed by atoms with van der Waals surface area (Å²) < 4.78 is 151. The molecule has 1 radical (unpaired) electrons. The first-order valence-electron chi connectivity index (χ1n) is 23.9. The number of hydrogen-bond acceptors (Lipinski definition) is 2. The molecule has 3 heterocycles. The van der Waals surface area contributed by atoms with Crippen molar-refractivity contribution in [1.29, 1.82) is 0 Å². The number of benzene rings is 6. The van der Waals surface area contributed by atoms with Crippen LogP contribution < -0.4 is 0 Å². The zero-order chi connectivity index (χ0) is 51.2. The van der Waals surface area contributed by atoms with Crippen LogP contribution in [0.25, 0.3) is 76.5 Å². The summed E-state index contributed by atoms with van der Waals surface area (Å²) in [5, 5.41) is 11.3. The summed E-state index contributed by atoms with van der Waals surface area (Å²) in [6.07, 6.45) is -1.34. The first-order valence-corrected chi connectivity index (χ1v) is 17.9. The Balaban J connectivity index is 0.000000173. The van der Waals surface area contributed by atoms with E-state index in [0.29, 0.717) is 12.1 Å². The van der Waals surface area contributed by atoms with E-state index in [1.54, 1.807) is 0 Å². The van der Waals surface area contributed by atoms with Crippen molar-refractivity contribution in [2.75, 3.05) is 0 Å². The zero-order valence-electron chi connectivity index (χ0n) is 43.7. The Morgan fingerprint density at radius 2 is 0.983 bits per heavy atom. The molecule has 0 spiro atoms. The van der Waals surface area contributed by atoms with Gasteiger partial charge in [-0.05, 0) is 57.2 Å². The Kier molecular flexibility index (Phi) is 9.64. The fourth-order valence-corrected chi connectivity index (χ4v) is 6.08. The zero-order valence-corrected chi connectivity index (χ0v) is 34.1. The molecule has 59 heavy (non-hydrogen) atoms. The van der Waals surface area contributed by atoms with Crippen LogP contribution in [0.5, 0.6) is 0 Å². The normalized spacial score (nSPS) is 14.0. The first-order chi connectivity index (χ1) is 33.0. The van der Waals surface area contributed by atoms with Crippen molar-refractivity contribution < 1.29 is 54.1 Å². The summed E-state index contributed by atoms with van der Waals surface area (Å²) in [6, 6.07) is 19.7. The number of pyridine rings is 2. The Morgan fingerprint density at radius 3 is 1.39 bits per heavy atom. The molecule has 6 aromatic carbocycles. The molecule has 0 fully saturated rings. The number of aromatic nitrogens is 3. The molecule has 0 aliphatic carbocycles. The third kappa shape index (κ3) is 9.75. The molecule has 0 atom stereocenters. The average molecular weight is 978 g/mol. The van der Waals surface area contributed by atoms with Gasteiger partial charge in [0.2, 0.25) is 0 Å². The van der Waals surface area contributed by atoms with Gasteiger partial charge in [-0.2, -0.15) is 6.29 Å². The molecule has 5 nitrogen and oxygen atoms in total. The second-order valence-corrected chi connectivity index (χ2v) is 13.2. The largest absolute Gasteiger partial charge is 0.658 e. The number of rotatable bonds is 7. The minimum Gasteiger partial charge on any atom is -0.658 e. The maximum Gasteiger partial charge on any atom is 0.0830 e. The standard InChI is InChI=1S/C19H23N3.2C15H8F2N.Ir/c1-13(2)20-19(21-14(3)4)22-17-11-7-5-9-15(17)16-10-6-8-12-18(16)22;2*16-11-5-6-13(14(17)9-11)15-12-4-2-1-3-10(12)7-8-18-15;/h5-14,19H,1-4H3;2*1-5,7-9H;/q-2;2*-1;/i;2*1D,2D,3D,4D,7D,8D;. The van der Waals surface area contributed by atoms with Gasteiger partial charge in [0.25, 0.3) is 0 Å². The topological polar surface area (TPSA) is 58.9 Å². The minimum atomic E-state index is -1.03. The summed E-state index contributed by atoms with van der Waals surface area (Å²) in [7, 11) is 0. The smallest absolute Gasteiger partial charge is 0.0830 e. The molecule has 0 amide bonds. The summed E-state index contributed by atoms with van der Waals surface area (Å²) in [4.78, 5) is 7.54. The van der Waals surface area contributed by atoms with Gasteiger partial charge in [-0.15, -0.1) is 36.3 Å². The van der Waals surface area contributed by atoms with Crippen LogP contribution in [0.1, 0.15) is 50.4 Å². The molecular formula is C49H39F4IrN5-4. The van der Waals surface area contributed by atoms with E-state index >= 15 is 0 Å². The van der Waals surface area contributed by atoms with Gasteiger partial charge in [0, 0.05) is 77.5 Å².